The van der Waals surface area contributed by atoms with Gasteiger partial charge in [-0.2, -0.15) is 0 Å². The van der Waals surface area contributed by atoms with Crippen molar-refractivity contribution >= 4 is 29.0 Å². The average Bonchev–Trinajstić information content (AvgIpc) is 3.02. The lowest BCUT2D eigenvalue weighted by molar-refractivity contribution is 0.0957. The van der Waals surface area contributed by atoms with Crippen LogP contribution in [0.4, 0.5) is 0 Å². The highest BCUT2D eigenvalue weighted by Gasteiger charge is 2.10. The van der Waals surface area contributed by atoms with Gasteiger partial charge in [0.15, 0.2) is 5.16 Å². The number of nitrogens with one attached hydrogen (secondary N) is 2. The van der Waals surface area contributed by atoms with Crippen LogP contribution < -0.4 is 17.0 Å². The first-order valence-corrected chi connectivity index (χ1v) is 7.33. The molecule has 7 nitrogen and oxygen atoms in total. The number of nitrogens with two attached hydrogens (primary N) is 1. The molecule has 0 atom stereocenters. The van der Waals surface area contributed by atoms with E-state index in [1.165, 1.54) is 23.1 Å². The first kappa shape index (κ1) is 13.8. The summed E-state index contributed by atoms with van der Waals surface area (Å²) in [5.41, 5.74) is 1.88. The maximum atomic E-state index is 11.4. The number of thioether (sulfide) groups is 1. The third-order valence-electron chi connectivity index (χ3n) is 2.40. The molecule has 0 saturated carbocycles. The van der Waals surface area contributed by atoms with Gasteiger partial charge >= 0.3 is 5.69 Å². The highest BCUT2D eigenvalue weighted by Crippen LogP contribution is 2.25. The summed E-state index contributed by atoms with van der Waals surface area (Å²) in [5, 5.41) is 7.01. The molecule has 2 heterocycles. The molecule has 2 aromatic heterocycles. The summed E-state index contributed by atoms with van der Waals surface area (Å²) in [6.07, 6.45) is 0. The summed E-state index contributed by atoms with van der Waals surface area (Å²) in [5.74, 6) is 5.41. The van der Waals surface area contributed by atoms with Crippen molar-refractivity contribution in [2.45, 2.75) is 24.4 Å². The Labute approximate surface area is 117 Å². The van der Waals surface area contributed by atoms with Gasteiger partial charge in [-0.15, -0.1) is 16.4 Å². The standard InChI is InChI=1S/C10H13N5O2S2/c1-2-15-9(17)13-14-10(15)18-5-6-3-4-7(19-6)8(16)12-11/h3-4H,2,5,11H2,1H3,(H,12,16)(H,13,17). The molecule has 0 aromatic carbocycles. The molecule has 19 heavy (non-hydrogen) atoms. The highest BCUT2D eigenvalue weighted by atomic mass is 32.2. The molecule has 0 spiro atoms. The van der Waals surface area contributed by atoms with Crippen LogP contribution >= 0.6 is 23.1 Å². The van der Waals surface area contributed by atoms with Gasteiger partial charge in [0.05, 0.1) is 4.88 Å². The first-order chi connectivity index (χ1) is 9.15. The third kappa shape index (κ3) is 3.06. The zero-order valence-corrected chi connectivity index (χ0v) is 11.8. The number of H-pyrrole nitrogens is 1. The average molecular weight is 299 g/mol. The lowest BCUT2D eigenvalue weighted by atomic mass is 10.4. The van der Waals surface area contributed by atoms with Gasteiger partial charge in [-0.25, -0.2) is 15.7 Å². The van der Waals surface area contributed by atoms with Crippen LogP contribution in [-0.4, -0.2) is 20.7 Å². The number of hydrogen-bond donors (Lipinski definition) is 3. The molecule has 4 N–H and O–H groups in total. The smallest absolute Gasteiger partial charge is 0.289 e. The van der Waals surface area contributed by atoms with E-state index in [-0.39, 0.29) is 11.6 Å². The minimum absolute atomic E-state index is 0.209. The van der Waals surface area contributed by atoms with Crippen LogP contribution in [0.3, 0.4) is 0 Å². The summed E-state index contributed by atoms with van der Waals surface area (Å²) >= 11 is 2.81. The van der Waals surface area contributed by atoms with Crippen LogP contribution in [0.25, 0.3) is 0 Å². The molecule has 9 heteroatoms. The molecule has 0 aliphatic carbocycles. The van der Waals surface area contributed by atoms with E-state index in [1.807, 2.05) is 13.0 Å². The summed E-state index contributed by atoms with van der Waals surface area (Å²) in [7, 11) is 0. The van der Waals surface area contributed by atoms with E-state index in [0.29, 0.717) is 22.3 Å². The first-order valence-electron chi connectivity index (χ1n) is 5.53. The van der Waals surface area contributed by atoms with E-state index in [4.69, 9.17) is 5.84 Å². The number of nitrogen functional groups attached to an aromatic ring is 1. The molecule has 0 unspecified atom stereocenters. The van der Waals surface area contributed by atoms with Gasteiger partial charge in [0, 0.05) is 17.2 Å². The largest absolute Gasteiger partial charge is 0.343 e. The molecule has 0 aliphatic rings. The second-order valence-electron chi connectivity index (χ2n) is 3.58. The van der Waals surface area contributed by atoms with Crippen LogP contribution in [0.5, 0.6) is 0 Å². The van der Waals surface area contributed by atoms with Crippen molar-refractivity contribution in [1.82, 2.24) is 20.2 Å². The summed E-state index contributed by atoms with van der Waals surface area (Å²) in [4.78, 5) is 24.3. The Bertz CT molecular complexity index is 630. The second-order valence-corrected chi connectivity index (χ2v) is 5.69. The molecule has 102 valence electrons. The van der Waals surface area contributed by atoms with E-state index in [2.05, 4.69) is 15.6 Å². The van der Waals surface area contributed by atoms with Crippen molar-refractivity contribution in [3.05, 3.63) is 32.4 Å². The SMILES string of the molecule is CCn1c(SCc2ccc(C(=O)NN)s2)n[nH]c1=O. The number of hydrogen-bond acceptors (Lipinski definition) is 6. The van der Waals surface area contributed by atoms with Crippen LogP contribution in [0.2, 0.25) is 0 Å². The van der Waals surface area contributed by atoms with Gasteiger partial charge in [0.2, 0.25) is 0 Å². The molecule has 0 saturated heterocycles. The molecular weight excluding hydrogens is 286 g/mol. The fourth-order valence-corrected chi connectivity index (χ4v) is 3.44. The van der Waals surface area contributed by atoms with Crippen LogP contribution in [-0.2, 0) is 12.3 Å². The van der Waals surface area contributed by atoms with E-state index >= 15 is 0 Å². The van der Waals surface area contributed by atoms with Crippen LogP contribution in [0, 0.1) is 0 Å². The van der Waals surface area contributed by atoms with Crippen molar-refractivity contribution in [1.29, 1.82) is 0 Å². The molecule has 0 bridgehead atoms. The minimum atomic E-state index is -0.300. The lowest BCUT2D eigenvalue weighted by Crippen LogP contribution is -2.29. The second kappa shape index (κ2) is 6.04. The van der Waals surface area contributed by atoms with Crippen molar-refractivity contribution < 1.29 is 4.79 Å². The van der Waals surface area contributed by atoms with Gasteiger partial charge in [0.25, 0.3) is 5.91 Å². The topological polar surface area (TPSA) is 106 Å². The Morgan fingerprint density at radius 3 is 3.11 bits per heavy atom. The number of rotatable bonds is 5. The van der Waals surface area contributed by atoms with Gasteiger partial charge < -0.3 is 0 Å². The number of hydrazine groups is 1. The van der Waals surface area contributed by atoms with Crippen LogP contribution in [0.15, 0.2) is 22.1 Å². The molecular formula is C10H13N5O2S2. The Balaban J connectivity index is 2.04. The maximum Gasteiger partial charge on any atom is 0.343 e. The fourth-order valence-electron chi connectivity index (χ4n) is 1.48. The predicted octanol–water partition coefficient (Wildman–Crippen LogP) is 0.549. The molecule has 0 fully saturated rings. The normalized spacial score (nSPS) is 10.6. The number of thiophene rings is 1. The quantitative estimate of drug-likeness (QED) is 0.323. The van der Waals surface area contributed by atoms with E-state index in [9.17, 15) is 9.59 Å². The van der Waals surface area contributed by atoms with Gasteiger partial charge in [-0.3, -0.25) is 14.8 Å². The van der Waals surface area contributed by atoms with Crippen LogP contribution in [0.1, 0.15) is 21.5 Å². The zero-order valence-electron chi connectivity index (χ0n) is 10.2. The predicted molar refractivity (Wildman–Crippen MR) is 74.1 cm³/mol. The minimum Gasteiger partial charge on any atom is -0.289 e. The molecule has 2 aromatic rings. The summed E-state index contributed by atoms with van der Waals surface area (Å²) in [6, 6.07) is 3.59. The van der Waals surface area contributed by atoms with Crippen molar-refractivity contribution in [2.75, 3.05) is 0 Å². The Hall–Kier alpha value is -1.58. The van der Waals surface area contributed by atoms with Crippen molar-refractivity contribution in [3.8, 4) is 0 Å². The van der Waals surface area contributed by atoms with Crippen molar-refractivity contribution in [3.63, 3.8) is 0 Å². The zero-order chi connectivity index (χ0) is 13.8. The Morgan fingerprint density at radius 2 is 2.42 bits per heavy atom. The third-order valence-corrected chi connectivity index (χ3v) is 4.69. The summed E-state index contributed by atoms with van der Waals surface area (Å²) in [6.45, 7) is 2.46. The molecule has 1 amide bonds. The highest BCUT2D eigenvalue weighted by molar-refractivity contribution is 7.98. The number of amides is 1. The van der Waals surface area contributed by atoms with Crippen molar-refractivity contribution in [2.24, 2.45) is 5.84 Å². The summed E-state index contributed by atoms with van der Waals surface area (Å²) < 4.78 is 1.56. The molecule has 2 rings (SSSR count). The van der Waals surface area contributed by atoms with Gasteiger partial charge in [0.1, 0.15) is 0 Å². The van der Waals surface area contributed by atoms with Gasteiger partial charge in [-0.1, -0.05) is 11.8 Å². The Kier molecular flexibility index (Phi) is 4.40. The number of carbonyl (C=O) groups excluding carboxylic acids is 1. The van der Waals surface area contributed by atoms with E-state index < -0.39 is 0 Å². The fraction of sp³-hybridized carbons (Fsp3) is 0.300. The Morgan fingerprint density at radius 1 is 1.63 bits per heavy atom. The number of nitrogens with zero attached hydrogens (tertiary/aromatic N) is 2. The monoisotopic (exact) mass is 299 g/mol. The number of aromatic nitrogens is 3. The van der Waals surface area contributed by atoms with E-state index in [1.54, 1.807) is 10.6 Å². The number of carbonyl (C=O) groups is 1. The van der Waals surface area contributed by atoms with Gasteiger partial charge in [-0.05, 0) is 19.1 Å². The molecule has 0 radical (unpaired) electrons. The number of aromatic amines is 1. The lowest BCUT2D eigenvalue weighted by Gasteiger charge is -2.00. The van der Waals surface area contributed by atoms with E-state index in [0.717, 1.165) is 4.88 Å². The maximum absolute atomic E-state index is 11.4. The molecule has 0 aliphatic heterocycles.